The van der Waals surface area contributed by atoms with E-state index >= 15 is 0 Å². The van der Waals surface area contributed by atoms with Crippen LogP contribution in [0.15, 0.2) is 24.3 Å². The number of rotatable bonds is 4. The van der Waals surface area contributed by atoms with Gasteiger partial charge in [-0.3, -0.25) is 23.9 Å². The number of carbonyl (C=O) groups excluding carboxylic acids is 4. The van der Waals surface area contributed by atoms with E-state index in [1.807, 2.05) is 6.07 Å². The van der Waals surface area contributed by atoms with Crippen molar-refractivity contribution in [1.82, 2.24) is 25.0 Å². The molecule has 48 heavy (non-hydrogen) atoms. The van der Waals surface area contributed by atoms with E-state index in [-0.39, 0.29) is 49.0 Å². The highest BCUT2D eigenvalue weighted by atomic mass is 19.4. The molecule has 7 rings (SSSR count). The SMILES string of the molecule is CC(=O)c1nn2c3c(cc(C4CC4)cc13)CCCCCCC(=O)NC[C@@]13C[C@@H](C(=O)Nc4nc(C(F)(F)F)ccc4C)N(C(=O)C2)[C@@H]1C3. The number of nitrogens with zero attached hydrogens (tertiary/aromatic N) is 4. The molecule has 4 aliphatic rings. The lowest BCUT2D eigenvalue weighted by Gasteiger charge is -2.27. The number of nitrogens with one attached hydrogen (secondary N) is 2. The van der Waals surface area contributed by atoms with Gasteiger partial charge in [-0.1, -0.05) is 25.0 Å². The highest BCUT2D eigenvalue weighted by molar-refractivity contribution is 6.06. The maximum atomic E-state index is 14.3. The molecule has 0 radical (unpaired) electrons. The van der Waals surface area contributed by atoms with Crippen LogP contribution in [-0.2, 0) is 33.5 Å². The molecule has 3 aromatic rings. The van der Waals surface area contributed by atoms with Crippen LogP contribution in [0, 0.1) is 12.3 Å². The van der Waals surface area contributed by atoms with Crippen molar-refractivity contribution in [1.29, 1.82) is 0 Å². The number of carbonyl (C=O) groups is 4. The van der Waals surface area contributed by atoms with Gasteiger partial charge in [0.25, 0.3) is 0 Å². The first-order valence-electron chi connectivity index (χ1n) is 16.8. The summed E-state index contributed by atoms with van der Waals surface area (Å²) in [6, 6.07) is 4.96. The van der Waals surface area contributed by atoms with E-state index in [1.165, 1.54) is 23.5 Å². The smallest absolute Gasteiger partial charge is 0.355 e. The van der Waals surface area contributed by atoms with Gasteiger partial charge in [0, 0.05) is 36.7 Å². The van der Waals surface area contributed by atoms with Crippen molar-refractivity contribution in [2.45, 2.75) is 109 Å². The molecule has 2 saturated carbocycles. The van der Waals surface area contributed by atoms with Gasteiger partial charge in [-0.15, -0.1) is 0 Å². The summed E-state index contributed by atoms with van der Waals surface area (Å²) in [4.78, 5) is 58.9. The summed E-state index contributed by atoms with van der Waals surface area (Å²) in [7, 11) is 0. The summed E-state index contributed by atoms with van der Waals surface area (Å²) in [5.41, 5.74) is 1.92. The Morgan fingerprint density at radius 1 is 1.04 bits per heavy atom. The summed E-state index contributed by atoms with van der Waals surface area (Å²) in [5.74, 6) is -1.09. The second kappa shape index (κ2) is 12.0. The fraction of sp³-hybridized carbons (Fsp3) is 0.543. The fourth-order valence-electron chi connectivity index (χ4n) is 7.66. The van der Waals surface area contributed by atoms with Gasteiger partial charge >= 0.3 is 6.18 Å². The van der Waals surface area contributed by atoms with Crippen molar-refractivity contribution in [3.8, 4) is 0 Å². The number of halogens is 3. The zero-order valence-electron chi connectivity index (χ0n) is 27.1. The number of Topliss-reactive ketones (excluding diaryl/α,β-unsaturated/α-hetero) is 1. The van der Waals surface area contributed by atoms with Crippen LogP contribution in [0.1, 0.15) is 104 Å². The predicted molar refractivity (Wildman–Crippen MR) is 170 cm³/mol. The van der Waals surface area contributed by atoms with E-state index < -0.39 is 29.2 Å². The minimum absolute atomic E-state index is 0.0790. The number of hydrogen-bond acceptors (Lipinski definition) is 6. The molecule has 1 aromatic carbocycles. The molecule has 3 fully saturated rings. The van der Waals surface area contributed by atoms with Crippen molar-refractivity contribution in [2.24, 2.45) is 5.41 Å². The Balaban J connectivity index is 1.25. The predicted octanol–water partition coefficient (Wildman–Crippen LogP) is 5.46. The number of amides is 3. The molecule has 3 atom stereocenters. The van der Waals surface area contributed by atoms with E-state index in [2.05, 4.69) is 26.8 Å². The second-order valence-corrected chi connectivity index (χ2v) is 14.1. The maximum absolute atomic E-state index is 14.3. The number of benzene rings is 1. The zero-order chi connectivity index (χ0) is 34.0. The molecule has 0 spiro atoms. The van der Waals surface area contributed by atoms with Crippen molar-refractivity contribution in [2.75, 3.05) is 11.9 Å². The first-order valence-corrected chi connectivity index (χ1v) is 16.8. The minimum Gasteiger partial charge on any atom is -0.355 e. The number of aryl methyl sites for hydroxylation is 2. The van der Waals surface area contributed by atoms with Gasteiger partial charge in [-0.2, -0.15) is 18.3 Å². The summed E-state index contributed by atoms with van der Waals surface area (Å²) in [6.07, 6.45) is 2.85. The van der Waals surface area contributed by atoms with E-state index in [1.54, 1.807) is 11.6 Å². The van der Waals surface area contributed by atoms with Crippen LogP contribution in [0.2, 0.25) is 0 Å². The molecule has 1 saturated heterocycles. The average molecular weight is 665 g/mol. The molecule has 10 nitrogen and oxygen atoms in total. The third kappa shape index (κ3) is 6.07. The van der Waals surface area contributed by atoms with E-state index in [0.717, 1.165) is 67.5 Å². The van der Waals surface area contributed by atoms with Crippen LogP contribution in [0.25, 0.3) is 10.9 Å². The van der Waals surface area contributed by atoms with E-state index in [4.69, 9.17) is 0 Å². The Hall–Kier alpha value is -4.29. The lowest BCUT2D eigenvalue weighted by Crippen LogP contribution is -2.47. The Labute approximate surface area is 275 Å². The Kier molecular flexibility index (Phi) is 8.06. The summed E-state index contributed by atoms with van der Waals surface area (Å²) in [6.45, 7) is 3.08. The van der Waals surface area contributed by atoms with Gasteiger partial charge in [0.05, 0.1) is 5.52 Å². The number of anilines is 1. The van der Waals surface area contributed by atoms with Gasteiger partial charge in [0.15, 0.2) is 5.78 Å². The minimum atomic E-state index is -4.70. The average Bonchev–Trinajstić information content (AvgIpc) is 3.94. The maximum Gasteiger partial charge on any atom is 0.433 e. The third-order valence-corrected chi connectivity index (χ3v) is 10.5. The topological polar surface area (TPSA) is 126 Å². The molecule has 4 heterocycles. The molecule has 13 heteroatoms. The Morgan fingerprint density at radius 2 is 1.79 bits per heavy atom. The van der Waals surface area contributed by atoms with Crippen LogP contribution in [0.4, 0.5) is 19.0 Å². The number of alkyl halides is 3. The zero-order valence-corrected chi connectivity index (χ0v) is 27.1. The fourth-order valence-corrected chi connectivity index (χ4v) is 7.66. The number of piperidine rings is 1. The summed E-state index contributed by atoms with van der Waals surface area (Å²) >= 11 is 0. The van der Waals surface area contributed by atoms with Gasteiger partial charge in [-0.25, -0.2) is 4.98 Å². The number of ketones is 1. The lowest BCUT2D eigenvalue weighted by molar-refractivity contribution is -0.141. The van der Waals surface area contributed by atoms with Crippen molar-refractivity contribution >= 4 is 40.2 Å². The van der Waals surface area contributed by atoms with Crippen LogP contribution in [0.3, 0.4) is 0 Å². The Morgan fingerprint density at radius 3 is 2.50 bits per heavy atom. The van der Waals surface area contributed by atoms with Crippen molar-refractivity contribution in [3.05, 3.63) is 52.3 Å². The monoisotopic (exact) mass is 664 g/mol. The normalized spacial score (nSPS) is 25.0. The Bertz CT molecular complexity index is 1830. The first kappa shape index (κ1) is 32.3. The van der Waals surface area contributed by atoms with Crippen LogP contribution in [0.5, 0.6) is 0 Å². The molecular weight excluding hydrogens is 625 g/mol. The van der Waals surface area contributed by atoms with Gasteiger partial charge in [0.2, 0.25) is 17.7 Å². The van der Waals surface area contributed by atoms with E-state index in [0.29, 0.717) is 30.0 Å². The van der Waals surface area contributed by atoms with Gasteiger partial charge in [0.1, 0.15) is 29.8 Å². The molecule has 254 valence electrons. The van der Waals surface area contributed by atoms with Crippen LogP contribution < -0.4 is 10.6 Å². The molecule has 3 amide bonds. The van der Waals surface area contributed by atoms with Crippen LogP contribution in [-0.4, -0.2) is 61.8 Å². The molecular formula is C35H39F3N6O4. The quantitative estimate of drug-likeness (QED) is 0.357. The molecule has 2 bridgehead atoms. The largest absolute Gasteiger partial charge is 0.433 e. The molecule has 2 N–H and O–H groups in total. The van der Waals surface area contributed by atoms with Gasteiger partial charge < -0.3 is 15.5 Å². The second-order valence-electron chi connectivity index (χ2n) is 14.1. The first-order chi connectivity index (χ1) is 22.8. The van der Waals surface area contributed by atoms with Crippen molar-refractivity contribution in [3.63, 3.8) is 0 Å². The molecule has 2 aliphatic heterocycles. The summed E-state index contributed by atoms with van der Waals surface area (Å²) in [5, 5.41) is 11.0. The summed E-state index contributed by atoms with van der Waals surface area (Å²) < 4.78 is 41.9. The molecule has 0 unspecified atom stereocenters. The van der Waals surface area contributed by atoms with Crippen LogP contribution >= 0.6 is 0 Å². The van der Waals surface area contributed by atoms with E-state index in [9.17, 15) is 32.3 Å². The lowest BCUT2D eigenvalue weighted by atomic mass is 9.97. The highest BCUT2D eigenvalue weighted by Gasteiger charge is 2.67. The molecule has 2 aliphatic carbocycles. The molecule has 2 aromatic heterocycles. The standard InChI is InChI=1S/C35H39F3N6O4/c1-19-9-12-26(35(36,37)38)40-32(19)41-33(48)25-15-34-16-27(34)44(25)29(47)17-43-31-22(7-5-3-4-6-8-28(46)39-18-34)13-23(21-10-11-21)14-24(31)30(42-43)20(2)45/h9,12-14,21,25,27H,3-8,10-11,15-18H2,1-2H3,(H,39,46)(H,40,41,48)/t25-,27+,34-/m0/s1. The highest BCUT2D eigenvalue weighted by Crippen LogP contribution is 2.59. The van der Waals surface area contributed by atoms with Gasteiger partial charge in [-0.05, 0) is 86.6 Å². The number of hydrogen-bond donors (Lipinski definition) is 2. The third-order valence-electron chi connectivity index (χ3n) is 10.5. The number of aromatic nitrogens is 3. The number of pyridine rings is 1. The van der Waals surface area contributed by atoms with Crippen molar-refractivity contribution < 1.29 is 32.3 Å².